The van der Waals surface area contributed by atoms with Gasteiger partial charge in [0, 0.05) is 12.2 Å². The molecule has 2 aromatic carbocycles. The lowest BCUT2D eigenvalue weighted by molar-refractivity contribution is -0.383. The van der Waals surface area contributed by atoms with Crippen LogP contribution < -0.4 is 21.5 Å². The number of hydrogen-bond acceptors (Lipinski definition) is 9. The van der Waals surface area contributed by atoms with Crippen LogP contribution in [-0.2, 0) is 16.4 Å². The number of sulfonamides is 1. The van der Waals surface area contributed by atoms with Crippen molar-refractivity contribution in [2.75, 3.05) is 22.9 Å². The van der Waals surface area contributed by atoms with Gasteiger partial charge < -0.3 is 16.4 Å². The van der Waals surface area contributed by atoms with Gasteiger partial charge in [0.1, 0.15) is 0 Å². The van der Waals surface area contributed by atoms with Gasteiger partial charge in [0.15, 0.2) is 0 Å². The Balaban J connectivity index is 1.75. The second-order valence-corrected chi connectivity index (χ2v) is 8.31. The number of anilines is 4. The molecule has 0 radical (unpaired) electrons. The number of aryl methyl sites for hydroxylation is 1. The molecule has 0 fully saturated rings. The number of hydrogen-bond donors (Lipinski definition) is 4. The molecule has 0 aliphatic heterocycles. The Morgan fingerprint density at radius 1 is 1.13 bits per heavy atom. The van der Waals surface area contributed by atoms with E-state index in [-0.39, 0.29) is 22.5 Å². The minimum Gasteiger partial charge on any atom is -0.378 e. The third kappa shape index (κ3) is 5.65. The minimum absolute atomic E-state index is 0.0249. The van der Waals surface area contributed by atoms with Gasteiger partial charge in [-0.05, 0) is 48.7 Å². The first-order chi connectivity index (χ1) is 14.6. The van der Waals surface area contributed by atoms with Gasteiger partial charge in [-0.1, -0.05) is 24.3 Å². The average molecular weight is 443 g/mol. The quantitative estimate of drug-likeness (QED) is 0.300. The van der Waals surface area contributed by atoms with Crippen molar-refractivity contribution in [3.05, 3.63) is 69.8 Å². The summed E-state index contributed by atoms with van der Waals surface area (Å²) in [5, 5.41) is 22.4. The van der Waals surface area contributed by atoms with E-state index in [9.17, 15) is 18.5 Å². The molecule has 0 atom stereocenters. The molecule has 0 spiro atoms. The van der Waals surface area contributed by atoms with Crippen LogP contribution >= 0.6 is 0 Å². The summed E-state index contributed by atoms with van der Waals surface area (Å²) >= 11 is 0. The van der Waals surface area contributed by atoms with E-state index in [1.807, 2.05) is 25.1 Å². The minimum atomic E-state index is -3.74. The van der Waals surface area contributed by atoms with Crippen molar-refractivity contribution < 1.29 is 13.3 Å². The molecular formula is C19H21N7O4S. The molecule has 162 valence electrons. The second kappa shape index (κ2) is 8.93. The Morgan fingerprint density at radius 3 is 2.45 bits per heavy atom. The highest BCUT2D eigenvalue weighted by Gasteiger charge is 2.23. The number of benzene rings is 2. The van der Waals surface area contributed by atoms with Crippen molar-refractivity contribution in [2.45, 2.75) is 18.2 Å². The standard InChI is InChI=1S/C19H21N7O4S/c1-12-3-2-4-14(11-12)23-18-16(26(27)28)17(20)24-19(25-18)22-10-9-13-5-7-15(8-6-13)31(21,29)30/h2-8,11H,9-10H2,1H3,(H2,21,29,30)(H4,20,22,23,24,25). The number of aromatic nitrogens is 2. The molecule has 0 unspecified atom stereocenters. The maximum absolute atomic E-state index is 11.4. The fraction of sp³-hybridized carbons (Fsp3) is 0.158. The molecule has 0 amide bonds. The topological polar surface area (TPSA) is 179 Å². The molecule has 12 heteroatoms. The van der Waals surface area contributed by atoms with E-state index in [0.717, 1.165) is 11.1 Å². The molecular weight excluding hydrogens is 422 g/mol. The van der Waals surface area contributed by atoms with Crippen LogP contribution in [0.3, 0.4) is 0 Å². The van der Waals surface area contributed by atoms with Crippen LogP contribution in [-0.4, -0.2) is 29.9 Å². The third-order valence-electron chi connectivity index (χ3n) is 4.32. The van der Waals surface area contributed by atoms with Crippen molar-refractivity contribution in [1.82, 2.24) is 9.97 Å². The zero-order valence-electron chi connectivity index (χ0n) is 16.6. The number of nitrogen functional groups attached to an aromatic ring is 1. The van der Waals surface area contributed by atoms with Crippen LogP contribution in [0.15, 0.2) is 53.4 Å². The summed E-state index contributed by atoms with van der Waals surface area (Å²) in [6.45, 7) is 2.28. The molecule has 6 N–H and O–H groups in total. The van der Waals surface area contributed by atoms with Gasteiger partial charge in [0.25, 0.3) is 0 Å². The lowest BCUT2D eigenvalue weighted by Gasteiger charge is -2.11. The predicted octanol–water partition coefficient (Wildman–Crippen LogP) is 2.32. The summed E-state index contributed by atoms with van der Waals surface area (Å²) in [6.07, 6.45) is 0.520. The summed E-state index contributed by atoms with van der Waals surface area (Å²) in [5.41, 5.74) is 7.85. The van der Waals surface area contributed by atoms with Crippen molar-refractivity contribution in [2.24, 2.45) is 5.14 Å². The maximum atomic E-state index is 11.4. The molecule has 0 saturated carbocycles. The first-order valence-corrected chi connectivity index (χ1v) is 10.7. The Morgan fingerprint density at radius 2 is 1.84 bits per heavy atom. The van der Waals surface area contributed by atoms with Crippen molar-refractivity contribution >= 4 is 39.0 Å². The third-order valence-corrected chi connectivity index (χ3v) is 5.25. The Kier molecular flexibility index (Phi) is 6.32. The summed E-state index contributed by atoms with van der Waals surface area (Å²) < 4.78 is 22.6. The number of nitrogens with zero attached hydrogens (tertiary/aromatic N) is 3. The van der Waals surface area contributed by atoms with Crippen LogP contribution in [0.2, 0.25) is 0 Å². The number of primary sulfonamides is 1. The zero-order valence-corrected chi connectivity index (χ0v) is 17.4. The van der Waals surface area contributed by atoms with Crippen LogP contribution in [0.5, 0.6) is 0 Å². The molecule has 0 bridgehead atoms. The van der Waals surface area contributed by atoms with E-state index in [1.54, 1.807) is 18.2 Å². The Labute approximate surface area is 178 Å². The summed E-state index contributed by atoms with van der Waals surface area (Å²) in [6, 6.07) is 13.4. The van der Waals surface area contributed by atoms with Gasteiger partial charge >= 0.3 is 5.69 Å². The molecule has 31 heavy (non-hydrogen) atoms. The largest absolute Gasteiger partial charge is 0.378 e. The first kappa shape index (κ1) is 21.9. The molecule has 11 nitrogen and oxygen atoms in total. The van der Waals surface area contributed by atoms with Crippen LogP contribution in [0.4, 0.5) is 29.0 Å². The van der Waals surface area contributed by atoms with E-state index in [4.69, 9.17) is 10.9 Å². The maximum Gasteiger partial charge on any atom is 0.353 e. The van der Waals surface area contributed by atoms with Gasteiger partial charge in [0.2, 0.25) is 27.6 Å². The lowest BCUT2D eigenvalue weighted by atomic mass is 10.1. The fourth-order valence-electron chi connectivity index (χ4n) is 2.84. The van der Waals surface area contributed by atoms with Gasteiger partial charge in [-0.3, -0.25) is 10.1 Å². The molecule has 0 aliphatic rings. The first-order valence-electron chi connectivity index (χ1n) is 9.14. The lowest BCUT2D eigenvalue weighted by Crippen LogP contribution is -2.13. The van der Waals surface area contributed by atoms with Crippen molar-refractivity contribution in [1.29, 1.82) is 0 Å². The molecule has 0 saturated heterocycles. The number of nitrogens with one attached hydrogen (secondary N) is 2. The van der Waals surface area contributed by atoms with Crippen molar-refractivity contribution in [3.63, 3.8) is 0 Å². The molecule has 1 heterocycles. The second-order valence-electron chi connectivity index (χ2n) is 6.75. The van der Waals surface area contributed by atoms with Crippen LogP contribution in [0.1, 0.15) is 11.1 Å². The Bertz CT molecular complexity index is 1210. The van der Waals surface area contributed by atoms with Gasteiger partial charge in [0.05, 0.1) is 9.82 Å². The number of nitrogens with two attached hydrogens (primary N) is 2. The average Bonchev–Trinajstić information content (AvgIpc) is 2.67. The molecule has 0 aliphatic carbocycles. The van der Waals surface area contributed by atoms with Crippen molar-refractivity contribution in [3.8, 4) is 0 Å². The SMILES string of the molecule is Cc1cccc(Nc2nc(NCCc3ccc(S(N)(=O)=O)cc3)nc(N)c2[N+](=O)[O-])c1. The van der Waals surface area contributed by atoms with E-state index >= 15 is 0 Å². The van der Waals surface area contributed by atoms with Crippen LogP contribution in [0.25, 0.3) is 0 Å². The normalized spacial score (nSPS) is 11.2. The number of rotatable bonds is 8. The molecule has 3 rings (SSSR count). The van der Waals surface area contributed by atoms with Gasteiger partial charge in [-0.2, -0.15) is 9.97 Å². The van der Waals surface area contributed by atoms with E-state index in [2.05, 4.69) is 20.6 Å². The summed E-state index contributed by atoms with van der Waals surface area (Å²) in [5.74, 6) is -0.169. The highest BCUT2D eigenvalue weighted by atomic mass is 32.2. The van der Waals surface area contributed by atoms with Gasteiger partial charge in [-0.15, -0.1) is 0 Å². The summed E-state index contributed by atoms with van der Waals surface area (Å²) in [7, 11) is -3.74. The van der Waals surface area contributed by atoms with E-state index in [1.165, 1.54) is 12.1 Å². The highest BCUT2D eigenvalue weighted by molar-refractivity contribution is 7.89. The molecule has 3 aromatic rings. The van der Waals surface area contributed by atoms with Crippen LogP contribution in [0, 0.1) is 17.0 Å². The van der Waals surface area contributed by atoms with E-state index in [0.29, 0.717) is 18.7 Å². The zero-order chi connectivity index (χ0) is 22.6. The smallest absolute Gasteiger partial charge is 0.353 e. The van der Waals surface area contributed by atoms with Gasteiger partial charge in [-0.25, -0.2) is 13.6 Å². The predicted molar refractivity (Wildman–Crippen MR) is 118 cm³/mol. The molecule has 1 aromatic heterocycles. The summed E-state index contributed by atoms with van der Waals surface area (Å²) in [4.78, 5) is 19.0. The highest BCUT2D eigenvalue weighted by Crippen LogP contribution is 2.31. The van der Waals surface area contributed by atoms with E-state index < -0.39 is 20.6 Å². The Hall–Kier alpha value is -3.77. The fourth-order valence-corrected chi connectivity index (χ4v) is 3.36. The monoisotopic (exact) mass is 443 g/mol. The number of nitro groups is 1.